The number of hydrogen-bond acceptors (Lipinski definition) is 3. The second-order valence-electron chi connectivity index (χ2n) is 7.37. The number of carbonyl (C=O) groups excluding carboxylic acids is 2. The van der Waals surface area contributed by atoms with Gasteiger partial charge >= 0.3 is 0 Å². The van der Waals surface area contributed by atoms with Crippen LogP contribution in [0.4, 0.5) is 0 Å². The predicted octanol–water partition coefficient (Wildman–Crippen LogP) is 4.09. The van der Waals surface area contributed by atoms with E-state index in [1.54, 1.807) is 24.3 Å². The fraction of sp³-hybridized carbons (Fsp3) is 0.364. The first-order valence-corrected chi connectivity index (χ1v) is 10.2. The Kier molecular flexibility index (Phi) is 6.45. The Morgan fingerprint density at radius 2 is 1.52 bits per heavy atom. The van der Waals surface area contributed by atoms with Gasteiger partial charge in [0, 0.05) is 48.3 Å². The lowest BCUT2D eigenvalue weighted by molar-refractivity contribution is 0.0621. The number of amides is 1. The highest BCUT2D eigenvalue weighted by Crippen LogP contribution is 2.19. The van der Waals surface area contributed by atoms with Gasteiger partial charge in [0.2, 0.25) is 0 Å². The molecular weight excluding hydrogens is 404 g/mol. The summed E-state index contributed by atoms with van der Waals surface area (Å²) in [6, 6.07) is 14.4. The summed E-state index contributed by atoms with van der Waals surface area (Å²) in [7, 11) is 0. The summed E-state index contributed by atoms with van der Waals surface area (Å²) >= 11 is 3.38. The number of piperazine rings is 1. The first-order chi connectivity index (χ1) is 13.0. The molecule has 0 unspecified atom stereocenters. The summed E-state index contributed by atoms with van der Waals surface area (Å²) < 4.78 is 0.919. The fourth-order valence-corrected chi connectivity index (χ4v) is 3.71. The van der Waals surface area contributed by atoms with Crippen LogP contribution < -0.4 is 0 Å². The molecule has 1 saturated heterocycles. The molecule has 0 radical (unpaired) electrons. The van der Waals surface area contributed by atoms with Crippen LogP contribution in [-0.4, -0.2) is 54.2 Å². The van der Waals surface area contributed by atoms with Crippen molar-refractivity contribution in [3.63, 3.8) is 0 Å². The minimum absolute atomic E-state index is 0.0553. The monoisotopic (exact) mass is 428 g/mol. The first kappa shape index (κ1) is 19.8. The molecule has 0 bridgehead atoms. The molecule has 2 aromatic carbocycles. The van der Waals surface area contributed by atoms with Crippen molar-refractivity contribution in [2.24, 2.45) is 5.92 Å². The molecule has 1 fully saturated rings. The molecule has 1 heterocycles. The quantitative estimate of drug-likeness (QED) is 0.673. The zero-order valence-electron chi connectivity index (χ0n) is 15.8. The van der Waals surface area contributed by atoms with E-state index in [9.17, 15) is 9.59 Å². The molecule has 5 heteroatoms. The van der Waals surface area contributed by atoms with Crippen LogP contribution in [-0.2, 0) is 0 Å². The SMILES string of the molecule is CC(C)CN1CCN(C(=O)c2ccccc2C(=O)c2ccc(Br)cc2)CC1. The summed E-state index contributed by atoms with van der Waals surface area (Å²) in [5.74, 6) is 0.446. The van der Waals surface area contributed by atoms with Crippen molar-refractivity contribution in [1.82, 2.24) is 9.80 Å². The molecule has 0 atom stereocenters. The lowest BCUT2D eigenvalue weighted by atomic mass is 9.97. The van der Waals surface area contributed by atoms with Gasteiger partial charge in [-0.05, 0) is 36.2 Å². The second-order valence-corrected chi connectivity index (χ2v) is 8.28. The highest BCUT2D eigenvalue weighted by molar-refractivity contribution is 9.10. The zero-order valence-corrected chi connectivity index (χ0v) is 17.4. The highest BCUT2D eigenvalue weighted by Gasteiger charge is 2.25. The maximum Gasteiger partial charge on any atom is 0.254 e. The maximum atomic E-state index is 13.1. The van der Waals surface area contributed by atoms with E-state index in [4.69, 9.17) is 0 Å². The third-order valence-corrected chi connectivity index (χ3v) is 5.32. The van der Waals surface area contributed by atoms with E-state index in [0.717, 1.165) is 24.1 Å². The number of nitrogens with zero attached hydrogens (tertiary/aromatic N) is 2. The molecule has 1 amide bonds. The molecule has 142 valence electrons. The molecule has 27 heavy (non-hydrogen) atoms. The molecule has 0 aromatic heterocycles. The van der Waals surface area contributed by atoms with Crippen molar-refractivity contribution in [2.75, 3.05) is 32.7 Å². The molecule has 3 rings (SSSR count). The standard InChI is InChI=1S/C22H25BrN2O2/c1-16(2)15-24-11-13-25(14-12-24)22(27)20-6-4-3-5-19(20)21(26)17-7-9-18(23)10-8-17/h3-10,16H,11-15H2,1-2H3. The smallest absolute Gasteiger partial charge is 0.254 e. The number of halogens is 1. The Morgan fingerprint density at radius 3 is 2.11 bits per heavy atom. The van der Waals surface area contributed by atoms with E-state index < -0.39 is 0 Å². The zero-order chi connectivity index (χ0) is 19.4. The number of ketones is 1. The van der Waals surface area contributed by atoms with Crippen LogP contribution in [0.5, 0.6) is 0 Å². The normalized spacial score (nSPS) is 15.2. The molecule has 1 aliphatic heterocycles. The van der Waals surface area contributed by atoms with E-state index in [-0.39, 0.29) is 11.7 Å². The second kappa shape index (κ2) is 8.81. The molecule has 0 aliphatic carbocycles. The molecular formula is C22H25BrN2O2. The van der Waals surface area contributed by atoms with Gasteiger partial charge in [-0.1, -0.05) is 48.0 Å². The van der Waals surface area contributed by atoms with Gasteiger partial charge in [0.15, 0.2) is 5.78 Å². The van der Waals surface area contributed by atoms with Crippen molar-refractivity contribution in [3.05, 3.63) is 69.7 Å². The Bertz CT molecular complexity index is 809. The van der Waals surface area contributed by atoms with E-state index in [0.29, 0.717) is 35.7 Å². The molecule has 1 aliphatic rings. The molecule has 0 spiro atoms. The average molecular weight is 429 g/mol. The van der Waals surface area contributed by atoms with Gasteiger partial charge in [0.05, 0.1) is 5.56 Å². The lowest BCUT2D eigenvalue weighted by Crippen LogP contribution is -2.49. The number of carbonyl (C=O) groups is 2. The van der Waals surface area contributed by atoms with E-state index in [1.807, 2.05) is 29.2 Å². The summed E-state index contributed by atoms with van der Waals surface area (Å²) in [5.41, 5.74) is 1.54. The van der Waals surface area contributed by atoms with Crippen molar-refractivity contribution in [2.45, 2.75) is 13.8 Å². The van der Waals surface area contributed by atoms with Gasteiger partial charge in [0.1, 0.15) is 0 Å². The Balaban J connectivity index is 1.77. The molecule has 2 aromatic rings. The average Bonchev–Trinajstić information content (AvgIpc) is 2.67. The lowest BCUT2D eigenvalue weighted by Gasteiger charge is -2.35. The van der Waals surface area contributed by atoms with Crippen LogP contribution in [0.15, 0.2) is 53.0 Å². The largest absolute Gasteiger partial charge is 0.336 e. The molecule has 0 saturated carbocycles. The van der Waals surface area contributed by atoms with Crippen molar-refractivity contribution >= 4 is 27.6 Å². The Morgan fingerprint density at radius 1 is 0.926 bits per heavy atom. The van der Waals surface area contributed by atoms with Gasteiger partial charge in [-0.2, -0.15) is 0 Å². The molecule has 4 nitrogen and oxygen atoms in total. The van der Waals surface area contributed by atoms with Crippen LogP contribution in [0, 0.1) is 5.92 Å². The third-order valence-electron chi connectivity index (χ3n) is 4.79. The van der Waals surface area contributed by atoms with Gasteiger partial charge < -0.3 is 4.90 Å². The first-order valence-electron chi connectivity index (χ1n) is 9.36. The summed E-state index contributed by atoms with van der Waals surface area (Å²) in [5, 5.41) is 0. The number of rotatable bonds is 5. The van der Waals surface area contributed by atoms with Crippen molar-refractivity contribution in [3.8, 4) is 0 Å². The summed E-state index contributed by atoms with van der Waals surface area (Å²) in [6.45, 7) is 8.64. The minimum Gasteiger partial charge on any atom is -0.336 e. The predicted molar refractivity (Wildman–Crippen MR) is 111 cm³/mol. The van der Waals surface area contributed by atoms with E-state index in [1.165, 1.54) is 0 Å². The number of hydrogen-bond donors (Lipinski definition) is 0. The van der Waals surface area contributed by atoms with Crippen molar-refractivity contribution < 1.29 is 9.59 Å². The third kappa shape index (κ3) is 4.85. The van der Waals surface area contributed by atoms with Crippen LogP contribution in [0.1, 0.15) is 40.1 Å². The summed E-state index contributed by atoms with van der Waals surface area (Å²) in [6.07, 6.45) is 0. The van der Waals surface area contributed by atoms with Crippen LogP contribution in [0.3, 0.4) is 0 Å². The van der Waals surface area contributed by atoms with Crippen LogP contribution in [0.2, 0.25) is 0 Å². The number of benzene rings is 2. The van der Waals surface area contributed by atoms with Crippen LogP contribution >= 0.6 is 15.9 Å². The van der Waals surface area contributed by atoms with Gasteiger partial charge in [-0.3, -0.25) is 14.5 Å². The summed E-state index contributed by atoms with van der Waals surface area (Å²) in [4.78, 5) is 30.3. The van der Waals surface area contributed by atoms with E-state index in [2.05, 4.69) is 34.7 Å². The molecule has 0 N–H and O–H groups in total. The Labute approximate surface area is 169 Å². The van der Waals surface area contributed by atoms with Crippen molar-refractivity contribution in [1.29, 1.82) is 0 Å². The van der Waals surface area contributed by atoms with Gasteiger partial charge in [0.25, 0.3) is 5.91 Å². The minimum atomic E-state index is -0.120. The Hall–Kier alpha value is -1.98. The van der Waals surface area contributed by atoms with Gasteiger partial charge in [-0.15, -0.1) is 0 Å². The van der Waals surface area contributed by atoms with Crippen LogP contribution in [0.25, 0.3) is 0 Å². The highest BCUT2D eigenvalue weighted by atomic mass is 79.9. The van der Waals surface area contributed by atoms with Gasteiger partial charge in [-0.25, -0.2) is 0 Å². The topological polar surface area (TPSA) is 40.6 Å². The fourth-order valence-electron chi connectivity index (χ4n) is 3.44. The van der Waals surface area contributed by atoms with E-state index >= 15 is 0 Å². The maximum absolute atomic E-state index is 13.1.